The number of aromatic nitrogens is 2. The van der Waals surface area contributed by atoms with Gasteiger partial charge in [-0.1, -0.05) is 0 Å². The third-order valence-electron chi connectivity index (χ3n) is 2.85. The maximum absolute atomic E-state index is 12.8. The van der Waals surface area contributed by atoms with E-state index < -0.39 is 60.5 Å². The number of nitrogens with zero attached hydrogens (tertiary/aromatic N) is 2. The van der Waals surface area contributed by atoms with E-state index in [1.54, 1.807) is 0 Å². The van der Waals surface area contributed by atoms with Crippen molar-refractivity contribution in [1.82, 2.24) is 15.1 Å². The van der Waals surface area contributed by atoms with E-state index >= 15 is 0 Å². The molecule has 1 aromatic rings. The summed E-state index contributed by atoms with van der Waals surface area (Å²) in [6.45, 7) is -1.02. The zero-order chi connectivity index (χ0) is 19.9. The molecular formula is C14H16F4N4O4. The number of esters is 2. The first kappa shape index (κ1) is 21.1. The van der Waals surface area contributed by atoms with Crippen LogP contribution in [0.25, 0.3) is 0 Å². The molecule has 0 fully saturated rings. The minimum atomic E-state index is -3.18. The van der Waals surface area contributed by atoms with Gasteiger partial charge in [-0.2, -0.15) is 5.10 Å². The Bertz CT molecular complexity index is 703. The van der Waals surface area contributed by atoms with Crippen molar-refractivity contribution in [2.45, 2.75) is 12.9 Å². The molecular weight excluding hydrogens is 364 g/mol. The number of alkyl halides is 4. The summed E-state index contributed by atoms with van der Waals surface area (Å²) in [6, 6.07) is 0. The van der Waals surface area contributed by atoms with E-state index in [4.69, 9.17) is 10.1 Å². The van der Waals surface area contributed by atoms with Gasteiger partial charge in [-0.25, -0.2) is 27.2 Å². The van der Waals surface area contributed by atoms with Gasteiger partial charge in [0.05, 0.1) is 0 Å². The van der Waals surface area contributed by atoms with Crippen molar-refractivity contribution in [1.29, 1.82) is 5.41 Å². The maximum atomic E-state index is 12.8. The summed E-state index contributed by atoms with van der Waals surface area (Å²) in [5, 5.41) is 12.9. The summed E-state index contributed by atoms with van der Waals surface area (Å²) < 4.78 is 60.9. The molecule has 0 aliphatic carbocycles. The van der Waals surface area contributed by atoms with E-state index in [2.05, 4.69) is 15.2 Å². The van der Waals surface area contributed by atoms with Crippen molar-refractivity contribution < 1.29 is 36.6 Å². The second-order valence-corrected chi connectivity index (χ2v) is 4.74. The number of aryl methyl sites for hydroxylation is 1. The molecule has 0 bridgehead atoms. The van der Waals surface area contributed by atoms with E-state index in [0.717, 1.165) is 17.1 Å². The van der Waals surface area contributed by atoms with Crippen LogP contribution in [-0.4, -0.2) is 54.1 Å². The van der Waals surface area contributed by atoms with Crippen LogP contribution in [0, 0.1) is 5.41 Å². The van der Waals surface area contributed by atoms with Gasteiger partial charge in [0.1, 0.15) is 35.8 Å². The predicted molar refractivity (Wildman–Crippen MR) is 80.3 cm³/mol. The molecule has 1 aromatic heterocycles. The molecule has 26 heavy (non-hydrogen) atoms. The lowest BCUT2D eigenvalue weighted by atomic mass is 10.2. The number of carbonyl (C=O) groups excluding carboxylic acids is 2. The van der Waals surface area contributed by atoms with Gasteiger partial charge in [0.2, 0.25) is 0 Å². The fourth-order valence-electron chi connectivity index (χ4n) is 1.76. The molecule has 0 amide bonds. The smallest absolute Gasteiger partial charge is 0.341 e. The first-order chi connectivity index (χ1) is 12.2. The average Bonchev–Trinajstić information content (AvgIpc) is 2.97. The Kier molecular flexibility index (Phi) is 7.75. The highest BCUT2D eigenvalue weighted by molar-refractivity contribution is 6.19. The second-order valence-electron chi connectivity index (χ2n) is 4.74. The molecule has 0 saturated heterocycles. The quantitative estimate of drug-likeness (QED) is 0.221. The monoisotopic (exact) mass is 380 g/mol. The largest absolute Gasteiger partial charge is 0.458 e. The summed E-state index contributed by atoms with van der Waals surface area (Å²) in [5.74, 6) is -2.33. The molecule has 0 unspecified atom stereocenters. The molecule has 1 heterocycles. The molecule has 8 nitrogen and oxygen atoms in total. The summed E-state index contributed by atoms with van der Waals surface area (Å²) in [6.07, 6.45) is -4.24. The van der Waals surface area contributed by atoms with Gasteiger partial charge >= 0.3 is 11.9 Å². The molecule has 0 aliphatic rings. The number of hydrogen-bond acceptors (Lipinski definition) is 7. The lowest BCUT2D eigenvalue weighted by molar-refractivity contribution is -0.139. The normalized spacial score (nSPS) is 11.6. The summed E-state index contributed by atoms with van der Waals surface area (Å²) in [4.78, 5) is 23.4. The number of ether oxygens (including phenoxy) is 2. The highest BCUT2D eigenvalue weighted by Crippen LogP contribution is 2.21. The van der Waals surface area contributed by atoms with Crippen LogP contribution in [0.15, 0.2) is 18.0 Å². The topological polar surface area (TPSA) is 106 Å². The van der Waals surface area contributed by atoms with E-state index in [9.17, 15) is 27.2 Å². The summed E-state index contributed by atoms with van der Waals surface area (Å²) in [7, 11) is 2.68. The van der Waals surface area contributed by atoms with Crippen molar-refractivity contribution in [2.24, 2.45) is 7.05 Å². The van der Waals surface area contributed by atoms with Gasteiger partial charge in [0.15, 0.2) is 0 Å². The molecule has 1 rings (SSSR count). The highest BCUT2D eigenvalue weighted by Gasteiger charge is 2.25. The van der Waals surface area contributed by atoms with Crippen LogP contribution in [0.3, 0.4) is 0 Å². The third-order valence-corrected chi connectivity index (χ3v) is 2.85. The van der Waals surface area contributed by atoms with Crippen molar-refractivity contribution in [2.75, 3.05) is 20.3 Å². The van der Waals surface area contributed by atoms with E-state index in [1.165, 1.54) is 14.1 Å². The molecule has 12 heteroatoms. The minimum absolute atomic E-state index is 0.441. The molecule has 0 aromatic carbocycles. The molecule has 0 saturated carbocycles. The van der Waals surface area contributed by atoms with Gasteiger partial charge in [-0.3, -0.25) is 10.1 Å². The summed E-state index contributed by atoms with van der Waals surface area (Å²) in [5.41, 5.74) is -3.12. The molecule has 0 radical (unpaired) electrons. The minimum Gasteiger partial charge on any atom is -0.458 e. The van der Waals surface area contributed by atoms with Crippen molar-refractivity contribution in [3.63, 3.8) is 0 Å². The van der Waals surface area contributed by atoms with Gasteiger partial charge in [0.25, 0.3) is 12.9 Å². The number of carbonyl (C=O) groups is 2. The lowest BCUT2D eigenvalue weighted by Gasteiger charge is -2.09. The Balaban J connectivity index is 2.58. The zero-order valence-electron chi connectivity index (χ0n) is 13.8. The fraction of sp³-hybridized carbons (Fsp3) is 0.429. The molecule has 0 atom stereocenters. The predicted octanol–water partition coefficient (Wildman–Crippen LogP) is 1.45. The number of halogens is 4. The van der Waals surface area contributed by atoms with Crippen LogP contribution in [0.1, 0.15) is 22.5 Å². The first-order valence-corrected chi connectivity index (χ1v) is 7.09. The van der Waals surface area contributed by atoms with Crippen LogP contribution in [0.5, 0.6) is 0 Å². The number of hydrogen-bond donors (Lipinski definition) is 2. The Morgan fingerprint density at radius 2 is 1.92 bits per heavy atom. The van der Waals surface area contributed by atoms with Crippen LogP contribution < -0.4 is 5.32 Å². The first-order valence-electron chi connectivity index (χ1n) is 7.09. The van der Waals surface area contributed by atoms with Crippen LogP contribution >= 0.6 is 0 Å². The Hall–Kier alpha value is -2.92. The fourth-order valence-corrected chi connectivity index (χ4v) is 1.76. The molecule has 144 valence electrons. The highest BCUT2D eigenvalue weighted by atomic mass is 19.3. The lowest BCUT2D eigenvalue weighted by Crippen LogP contribution is -2.24. The average molecular weight is 380 g/mol. The van der Waals surface area contributed by atoms with Gasteiger partial charge in [-0.15, -0.1) is 0 Å². The van der Waals surface area contributed by atoms with Crippen molar-refractivity contribution in [3.8, 4) is 0 Å². The van der Waals surface area contributed by atoms with Crippen LogP contribution in [0.4, 0.5) is 17.6 Å². The number of rotatable bonds is 9. The van der Waals surface area contributed by atoms with Crippen molar-refractivity contribution in [3.05, 3.63) is 29.2 Å². The van der Waals surface area contributed by atoms with Crippen LogP contribution in [0.2, 0.25) is 0 Å². The third kappa shape index (κ3) is 5.57. The Morgan fingerprint density at radius 3 is 2.46 bits per heavy atom. The van der Waals surface area contributed by atoms with Gasteiger partial charge < -0.3 is 14.8 Å². The zero-order valence-corrected chi connectivity index (χ0v) is 13.8. The molecule has 0 aliphatic heterocycles. The van der Waals surface area contributed by atoms with Gasteiger partial charge in [0, 0.05) is 26.5 Å². The standard InChI is InChI=1S/C14H16F4N4O4/c1-20-5-7(9(19)11(15)16)13(23)25-3-4-26-14(24)8-6-22(2)21-10(8)12(17)18/h5-6,11-12,19-20H,3-4H2,1-2H3/b7-5+,19-9?. The molecule has 2 N–H and O–H groups in total. The molecule has 0 spiro atoms. The van der Waals surface area contributed by atoms with E-state index in [0.29, 0.717) is 0 Å². The van der Waals surface area contributed by atoms with Gasteiger partial charge in [-0.05, 0) is 0 Å². The van der Waals surface area contributed by atoms with E-state index in [1.807, 2.05) is 0 Å². The maximum Gasteiger partial charge on any atom is 0.341 e. The second kappa shape index (κ2) is 9.53. The number of nitrogens with one attached hydrogen (secondary N) is 2. The Morgan fingerprint density at radius 1 is 1.31 bits per heavy atom. The van der Waals surface area contributed by atoms with Crippen LogP contribution in [-0.2, 0) is 21.3 Å². The van der Waals surface area contributed by atoms with Crippen molar-refractivity contribution >= 4 is 17.7 Å². The Labute approximate surface area is 145 Å². The van der Waals surface area contributed by atoms with E-state index in [-0.39, 0.29) is 0 Å². The summed E-state index contributed by atoms with van der Waals surface area (Å²) >= 11 is 0. The SMILES string of the molecule is CN/C=C(\C(=N)C(F)F)C(=O)OCCOC(=O)c1cn(C)nc1C(F)F.